The summed E-state index contributed by atoms with van der Waals surface area (Å²) < 4.78 is 7.92. The van der Waals surface area contributed by atoms with E-state index in [4.69, 9.17) is 39.5 Å². The number of rotatable bonds is 7. The zero-order valence-corrected chi connectivity index (χ0v) is 18.7. The normalized spacial score (nSPS) is 21.1. The van der Waals surface area contributed by atoms with Gasteiger partial charge in [-0.2, -0.15) is 0 Å². The van der Waals surface area contributed by atoms with Crippen LogP contribution in [-0.2, 0) is 4.79 Å². The first-order valence-corrected chi connectivity index (χ1v) is 11.3. The summed E-state index contributed by atoms with van der Waals surface area (Å²) in [5.41, 5.74) is 0. The predicted octanol–water partition coefficient (Wildman–Crippen LogP) is 4.43. The Kier molecular flexibility index (Phi) is 8.21. The van der Waals surface area contributed by atoms with Gasteiger partial charge in [0, 0.05) is 32.2 Å². The van der Waals surface area contributed by atoms with Crippen LogP contribution in [0, 0.1) is 0 Å². The Labute approximate surface area is 185 Å². The van der Waals surface area contributed by atoms with E-state index in [-0.39, 0.29) is 18.6 Å². The number of benzene rings is 1. The van der Waals surface area contributed by atoms with Gasteiger partial charge in [0.25, 0.3) is 5.91 Å². The molecule has 2 aliphatic rings. The van der Waals surface area contributed by atoms with Crippen LogP contribution in [0.15, 0.2) is 24.1 Å². The average Bonchev–Trinajstić information content (AvgIpc) is 3.17. The first-order valence-electron chi connectivity index (χ1n) is 9.29. The van der Waals surface area contributed by atoms with Gasteiger partial charge >= 0.3 is 0 Å². The minimum atomic E-state index is -0.0806. The number of ether oxygens (including phenoxy) is 1. The van der Waals surface area contributed by atoms with Crippen LogP contribution in [0.25, 0.3) is 0 Å². The number of carbonyl (C=O) groups excluding carboxylic acids is 1. The van der Waals surface area contributed by atoms with Gasteiger partial charge in [0.05, 0.1) is 21.1 Å². The summed E-state index contributed by atoms with van der Waals surface area (Å²) in [5, 5.41) is 2.87. The number of likely N-dealkylation sites (tertiary alicyclic amines) is 1. The molecule has 9 heteroatoms. The van der Waals surface area contributed by atoms with Crippen molar-refractivity contribution in [1.29, 1.82) is 0 Å². The number of hydrogen-bond acceptors (Lipinski definition) is 5. The second kappa shape index (κ2) is 10.4. The number of nitrogens with zero attached hydrogens (tertiary/aromatic N) is 3. The summed E-state index contributed by atoms with van der Waals surface area (Å²) in [6, 6.07) is 3.19. The fourth-order valence-corrected chi connectivity index (χ4v) is 4.86. The molecule has 3 rings (SSSR count). The smallest absolute Gasteiger partial charge is 0.260 e. The van der Waals surface area contributed by atoms with Gasteiger partial charge in [-0.15, -0.1) is 0 Å². The monoisotopic (exact) mass is 463 g/mol. The average molecular weight is 465 g/mol. The molecule has 154 valence electrons. The van der Waals surface area contributed by atoms with E-state index in [9.17, 15) is 4.79 Å². The zero-order chi connectivity index (χ0) is 20.1. The Bertz CT molecular complexity index is 716. The first kappa shape index (κ1) is 22.1. The molecule has 1 aromatic carbocycles. The number of piperazine rings is 1. The van der Waals surface area contributed by atoms with E-state index in [1.807, 2.05) is 10.3 Å². The van der Waals surface area contributed by atoms with Crippen LogP contribution < -0.4 is 4.74 Å². The van der Waals surface area contributed by atoms with Gasteiger partial charge in [-0.1, -0.05) is 53.3 Å². The van der Waals surface area contributed by atoms with Crippen molar-refractivity contribution in [3.63, 3.8) is 0 Å². The van der Waals surface area contributed by atoms with E-state index in [1.165, 1.54) is 18.9 Å². The van der Waals surface area contributed by atoms with Gasteiger partial charge in [0.1, 0.15) is 5.75 Å². The van der Waals surface area contributed by atoms with Crippen molar-refractivity contribution in [2.24, 2.45) is 0 Å². The Morgan fingerprint density at radius 2 is 1.86 bits per heavy atom. The van der Waals surface area contributed by atoms with Crippen molar-refractivity contribution in [1.82, 2.24) is 14.1 Å². The lowest BCUT2D eigenvalue weighted by atomic mass is 10.1. The molecule has 2 fully saturated rings. The third kappa shape index (κ3) is 5.71. The van der Waals surface area contributed by atoms with Crippen LogP contribution >= 0.6 is 46.8 Å². The molecule has 0 bridgehead atoms. The van der Waals surface area contributed by atoms with E-state index in [0.717, 1.165) is 32.7 Å². The lowest BCUT2D eigenvalue weighted by molar-refractivity contribution is -0.137. The van der Waals surface area contributed by atoms with Gasteiger partial charge in [0.15, 0.2) is 6.61 Å². The van der Waals surface area contributed by atoms with Gasteiger partial charge in [-0.3, -0.25) is 4.79 Å². The highest BCUT2D eigenvalue weighted by atomic mass is 35.5. The molecule has 2 heterocycles. The summed E-state index contributed by atoms with van der Waals surface area (Å²) in [7, 11) is 0. The summed E-state index contributed by atoms with van der Waals surface area (Å²) in [5.74, 6) is 0.316. The third-order valence-electron chi connectivity index (χ3n) is 4.98. The van der Waals surface area contributed by atoms with E-state index < -0.39 is 0 Å². The Hall–Kier alpha value is -0.630. The Morgan fingerprint density at radius 3 is 2.57 bits per heavy atom. The molecular formula is C19H24Cl3N3O2S. The van der Waals surface area contributed by atoms with Crippen molar-refractivity contribution in [2.75, 3.05) is 45.9 Å². The standard InChI is InChI=1S/C19H24Cl3N3O2S/c1-2-28-24-7-8-25(14(12-24)11-23-5-3-4-6-23)19(26)13-27-18-10-16(21)15(20)9-17(18)22/h2,9-10,14H,1,3-8,11-13H2/t14-/m0/s1. The van der Waals surface area contributed by atoms with Gasteiger partial charge in [-0.05, 0) is 37.4 Å². The predicted molar refractivity (Wildman–Crippen MR) is 118 cm³/mol. The summed E-state index contributed by atoms with van der Waals surface area (Å²) in [6.45, 7) is 9.07. The molecule has 1 atom stereocenters. The molecule has 0 unspecified atom stereocenters. The fraction of sp³-hybridized carbons (Fsp3) is 0.526. The number of hydrogen-bond donors (Lipinski definition) is 0. The van der Waals surface area contributed by atoms with E-state index in [1.54, 1.807) is 18.0 Å². The van der Waals surface area contributed by atoms with Crippen LogP contribution in [0.2, 0.25) is 15.1 Å². The maximum Gasteiger partial charge on any atom is 0.260 e. The van der Waals surface area contributed by atoms with Crippen LogP contribution in [0.4, 0.5) is 0 Å². The minimum absolute atomic E-state index is 0.0467. The minimum Gasteiger partial charge on any atom is -0.482 e. The van der Waals surface area contributed by atoms with Gasteiger partial charge in [0.2, 0.25) is 0 Å². The lowest BCUT2D eigenvalue weighted by Gasteiger charge is -2.42. The molecule has 1 amide bonds. The highest BCUT2D eigenvalue weighted by Crippen LogP contribution is 2.34. The maximum atomic E-state index is 12.9. The molecule has 28 heavy (non-hydrogen) atoms. The molecule has 0 radical (unpaired) electrons. The van der Waals surface area contributed by atoms with Crippen molar-refractivity contribution in [3.8, 4) is 5.75 Å². The second-order valence-electron chi connectivity index (χ2n) is 6.89. The molecule has 0 aromatic heterocycles. The summed E-state index contributed by atoms with van der Waals surface area (Å²) >= 11 is 19.7. The quantitative estimate of drug-likeness (QED) is 0.441. The van der Waals surface area contributed by atoms with Crippen LogP contribution in [0.1, 0.15) is 12.8 Å². The molecule has 0 N–H and O–H groups in total. The largest absolute Gasteiger partial charge is 0.482 e. The second-order valence-corrected chi connectivity index (χ2v) is 9.18. The van der Waals surface area contributed by atoms with Crippen molar-refractivity contribution >= 4 is 52.7 Å². The number of carbonyl (C=O) groups is 1. The van der Waals surface area contributed by atoms with Crippen molar-refractivity contribution in [3.05, 3.63) is 39.2 Å². The van der Waals surface area contributed by atoms with Crippen LogP contribution in [0.3, 0.4) is 0 Å². The van der Waals surface area contributed by atoms with Crippen LogP contribution in [0.5, 0.6) is 5.75 Å². The maximum absolute atomic E-state index is 12.9. The third-order valence-corrected chi connectivity index (χ3v) is 6.78. The first-order chi connectivity index (χ1) is 13.5. The Morgan fingerprint density at radius 1 is 1.14 bits per heavy atom. The summed E-state index contributed by atoms with van der Waals surface area (Å²) in [6.07, 6.45) is 2.45. The van der Waals surface area contributed by atoms with Crippen molar-refractivity contribution < 1.29 is 9.53 Å². The number of amides is 1. The zero-order valence-electron chi connectivity index (χ0n) is 15.6. The molecular weight excluding hydrogens is 441 g/mol. The summed E-state index contributed by atoms with van der Waals surface area (Å²) in [4.78, 5) is 17.3. The molecule has 1 aromatic rings. The van der Waals surface area contributed by atoms with Gasteiger partial charge in [-0.25, -0.2) is 4.31 Å². The Balaban J connectivity index is 1.63. The topological polar surface area (TPSA) is 36.0 Å². The molecule has 0 saturated carbocycles. The van der Waals surface area contributed by atoms with E-state index in [2.05, 4.69) is 15.8 Å². The SMILES string of the molecule is C=CSN1CCN(C(=O)COc2cc(Cl)c(Cl)cc2Cl)[C@@H](CN2CCCC2)C1. The van der Waals surface area contributed by atoms with Gasteiger partial charge < -0.3 is 14.5 Å². The van der Waals surface area contributed by atoms with Crippen molar-refractivity contribution in [2.45, 2.75) is 18.9 Å². The van der Waals surface area contributed by atoms with E-state index >= 15 is 0 Å². The molecule has 5 nitrogen and oxygen atoms in total. The van der Waals surface area contributed by atoms with E-state index in [0.29, 0.717) is 27.4 Å². The highest BCUT2D eigenvalue weighted by molar-refractivity contribution is 7.99. The number of halogens is 3. The molecule has 0 aliphatic carbocycles. The highest BCUT2D eigenvalue weighted by Gasteiger charge is 2.32. The lowest BCUT2D eigenvalue weighted by Crippen LogP contribution is -2.57. The molecule has 2 aliphatic heterocycles. The van der Waals surface area contributed by atoms with Crippen LogP contribution in [-0.4, -0.2) is 71.9 Å². The molecule has 0 spiro atoms. The fourth-order valence-electron chi connectivity index (χ4n) is 3.61. The molecule has 2 saturated heterocycles.